The predicted octanol–water partition coefficient (Wildman–Crippen LogP) is 4.83. The molecule has 0 aromatic heterocycles. The number of nitrogens with two attached hydrogens (primary N) is 2. The summed E-state index contributed by atoms with van der Waals surface area (Å²) in [6.07, 6.45) is 6.05. The van der Waals surface area contributed by atoms with Crippen LogP contribution in [0, 0.1) is 10.1 Å². The molecule has 2 atom stereocenters. The minimum atomic E-state index is -1.50. The van der Waals surface area contributed by atoms with Crippen LogP contribution in [0.3, 0.4) is 0 Å². The van der Waals surface area contributed by atoms with E-state index in [9.17, 15) is 0 Å². The topological polar surface area (TPSA) is 115 Å². The molecular formula is C21H31N3O3PtS2. The van der Waals surface area contributed by atoms with Gasteiger partial charge in [0.05, 0.1) is 0 Å². The molecule has 0 radical (unpaired) electrons. The molecule has 0 aliphatic heterocycles. The first-order valence-corrected chi connectivity index (χ1v) is 11.7. The van der Waals surface area contributed by atoms with Gasteiger partial charge in [-0.15, -0.1) is 33.6 Å². The van der Waals surface area contributed by atoms with Crippen molar-refractivity contribution in [2.24, 2.45) is 11.5 Å². The van der Waals surface area contributed by atoms with Gasteiger partial charge in [0.1, 0.15) is 0 Å². The van der Waals surface area contributed by atoms with Crippen LogP contribution in [0.5, 0.6) is 0 Å². The molecule has 1 aliphatic rings. The largest absolute Gasteiger partial charge is 0.328 e. The maximum absolute atomic E-state index is 8.36. The molecule has 1 fully saturated rings. The van der Waals surface area contributed by atoms with Gasteiger partial charge in [-0.05, 0) is 55.0 Å². The third kappa shape index (κ3) is 15.7. The fourth-order valence-corrected chi connectivity index (χ4v) is 4.59. The molecule has 9 heteroatoms. The van der Waals surface area contributed by atoms with Crippen LogP contribution >= 0.6 is 23.5 Å². The van der Waals surface area contributed by atoms with Crippen molar-refractivity contribution in [3.63, 3.8) is 0 Å². The minimum Gasteiger partial charge on any atom is -0.328 e. The monoisotopic (exact) mass is 632 g/mol. The van der Waals surface area contributed by atoms with Crippen LogP contribution in [0.1, 0.15) is 32.1 Å². The zero-order valence-corrected chi connectivity index (χ0v) is 20.8. The molecule has 2 aromatic rings. The summed E-state index contributed by atoms with van der Waals surface area (Å²) in [6, 6.07) is 21.8. The molecule has 6 nitrogen and oxygen atoms in total. The summed E-state index contributed by atoms with van der Waals surface area (Å²) in [7, 11) is 0. The van der Waals surface area contributed by atoms with Gasteiger partial charge >= 0.3 is 0 Å². The SMILES string of the molecule is N[C@@H]1CCCC[C@H]1N.O=[N+]([O-])O.[Pt].c1ccc(SCCCSc2ccccc2)cc1. The standard InChI is InChI=1S/C15H16S2.C6H14N2.HNO3.Pt/c1-3-8-14(9-4-1)16-12-7-13-17-15-10-5-2-6-11-15;7-5-3-1-2-4-6(5)8;2-1(3)4;/h1-6,8-11H,7,12-13H2;5-6H,1-4,7-8H2;(H,2,3,4);/t;5-,6-;;/m.1../s1. The molecule has 0 amide bonds. The van der Waals surface area contributed by atoms with Gasteiger partial charge in [-0.25, -0.2) is 0 Å². The fourth-order valence-electron chi connectivity index (χ4n) is 2.66. The Bertz CT molecular complexity index is 614. The van der Waals surface area contributed by atoms with E-state index in [4.69, 9.17) is 26.8 Å². The minimum absolute atomic E-state index is 0. The first kappa shape index (κ1) is 28.9. The van der Waals surface area contributed by atoms with E-state index in [1.165, 1.54) is 40.6 Å². The van der Waals surface area contributed by atoms with Crippen molar-refractivity contribution in [2.75, 3.05) is 11.5 Å². The zero-order valence-electron chi connectivity index (χ0n) is 16.9. The number of benzene rings is 2. The van der Waals surface area contributed by atoms with Crippen molar-refractivity contribution < 1.29 is 31.4 Å². The fraction of sp³-hybridized carbons (Fsp3) is 0.429. The van der Waals surface area contributed by atoms with Crippen LogP contribution < -0.4 is 11.5 Å². The van der Waals surface area contributed by atoms with Gasteiger partial charge in [-0.2, -0.15) is 0 Å². The van der Waals surface area contributed by atoms with Crippen LogP contribution in [0.2, 0.25) is 0 Å². The van der Waals surface area contributed by atoms with Crippen molar-refractivity contribution in [3.8, 4) is 0 Å². The first-order valence-electron chi connectivity index (χ1n) is 9.69. The second kappa shape index (κ2) is 18.7. The molecule has 0 spiro atoms. The summed E-state index contributed by atoms with van der Waals surface area (Å²) in [5, 5.41) is 13.6. The molecule has 5 N–H and O–H groups in total. The predicted molar refractivity (Wildman–Crippen MR) is 122 cm³/mol. The average Bonchev–Trinajstić information content (AvgIpc) is 2.72. The Morgan fingerprint density at radius 3 is 1.50 bits per heavy atom. The molecule has 30 heavy (non-hydrogen) atoms. The number of rotatable bonds is 6. The summed E-state index contributed by atoms with van der Waals surface area (Å²) >= 11 is 3.88. The average molecular weight is 633 g/mol. The molecular weight excluding hydrogens is 601 g/mol. The molecule has 2 aromatic carbocycles. The maximum atomic E-state index is 8.36. The number of thioether (sulfide) groups is 2. The number of nitrogens with zero attached hydrogens (tertiary/aromatic N) is 1. The molecule has 0 heterocycles. The molecule has 3 rings (SSSR count). The summed E-state index contributed by atoms with van der Waals surface area (Å²) in [5.74, 6) is 2.40. The van der Waals surface area contributed by atoms with Gasteiger partial charge < -0.3 is 16.7 Å². The normalized spacial score (nSPS) is 17.3. The Labute approximate surface area is 201 Å². The molecule has 0 saturated heterocycles. The van der Waals surface area contributed by atoms with Crippen molar-refractivity contribution in [3.05, 3.63) is 70.8 Å². The van der Waals surface area contributed by atoms with Gasteiger partial charge in [-0.3, -0.25) is 0 Å². The van der Waals surface area contributed by atoms with Gasteiger partial charge in [0.25, 0.3) is 5.09 Å². The Kier molecular flexibility index (Phi) is 18.0. The van der Waals surface area contributed by atoms with Crippen LogP contribution in [-0.4, -0.2) is 33.9 Å². The van der Waals surface area contributed by atoms with Gasteiger partial charge in [0.15, 0.2) is 0 Å². The van der Waals surface area contributed by atoms with Gasteiger partial charge in [0, 0.05) is 42.9 Å². The maximum Gasteiger partial charge on any atom is 0.291 e. The van der Waals surface area contributed by atoms with E-state index < -0.39 is 5.09 Å². The van der Waals surface area contributed by atoms with E-state index >= 15 is 0 Å². The van der Waals surface area contributed by atoms with E-state index in [2.05, 4.69) is 60.7 Å². The van der Waals surface area contributed by atoms with E-state index in [1.54, 1.807) is 0 Å². The van der Waals surface area contributed by atoms with Crippen molar-refractivity contribution in [1.29, 1.82) is 0 Å². The van der Waals surface area contributed by atoms with Crippen LogP contribution in [0.15, 0.2) is 70.5 Å². The van der Waals surface area contributed by atoms with Gasteiger partial charge in [0.2, 0.25) is 0 Å². The summed E-state index contributed by atoms with van der Waals surface area (Å²) in [6.45, 7) is 0. The van der Waals surface area contributed by atoms with E-state index in [1.807, 2.05) is 23.5 Å². The smallest absolute Gasteiger partial charge is 0.291 e. The van der Waals surface area contributed by atoms with Gasteiger partial charge in [-0.1, -0.05) is 49.2 Å². The molecule has 0 unspecified atom stereocenters. The van der Waals surface area contributed by atoms with E-state index in [0.717, 1.165) is 12.8 Å². The second-order valence-corrected chi connectivity index (χ2v) is 8.86. The third-order valence-electron chi connectivity index (χ3n) is 4.19. The summed E-state index contributed by atoms with van der Waals surface area (Å²) in [4.78, 5) is 11.1. The Morgan fingerprint density at radius 1 is 0.867 bits per heavy atom. The van der Waals surface area contributed by atoms with Crippen molar-refractivity contribution in [1.82, 2.24) is 0 Å². The number of hydrogen-bond acceptors (Lipinski definition) is 6. The summed E-state index contributed by atoms with van der Waals surface area (Å²) in [5.41, 5.74) is 11.3. The van der Waals surface area contributed by atoms with Crippen LogP contribution in [-0.2, 0) is 21.1 Å². The molecule has 1 aliphatic carbocycles. The van der Waals surface area contributed by atoms with Crippen LogP contribution in [0.4, 0.5) is 0 Å². The second-order valence-electron chi connectivity index (χ2n) is 6.53. The molecule has 0 bridgehead atoms. The molecule has 170 valence electrons. The molecule has 1 saturated carbocycles. The van der Waals surface area contributed by atoms with E-state index in [-0.39, 0.29) is 33.1 Å². The first-order chi connectivity index (χ1) is 14.0. The Hall–Kier alpha value is -1.05. The van der Waals surface area contributed by atoms with E-state index in [0.29, 0.717) is 0 Å². The summed E-state index contributed by atoms with van der Waals surface area (Å²) < 4.78 is 0. The quantitative estimate of drug-likeness (QED) is 0.181. The Balaban J connectivity index is 0.000000540. The zero-order chi connectivity index (χ0) is 21.3. The third-order valence-corrected chi connectivity index (χ3v) is 6.38. The Morgan fingerprint density at radius 2 is 1.20 bits per heavy atom. The number of hydrogen-bond donors (Lipinski definition) is 3. The van der Waals surface area contributed by atoms with Crippen molar-refractivity contribution >= 4 is 23.5 Å². The van der Waals surface area contributed by atoms with Crippen molar-refractivity contribution in [2.45, 2.75) is 54.0 Å². The van der Waals surface area contributed by atoms with Crippen LogP contribution in [0.25, 0.3) is 0 Å².